The number of halogens is 1. The molecule has 0 bridgehead atoms. The SMILES string of the molecule is Cc1ccc(NC(=O)CN2C(=O)[C@@H](C)N=C(c3ccccc3)c3cc(Cl)ccc32)cc1. The van der Waals surface area contributed by atoms with Crippen LogP contribution in [-0.2, 0) is 9.59 Å². The Hall–Kier alpha value is -3.44. The molecule has 0 aromatic heterocycles. The van der Waals surface area contributed by atoms with Crippen molar-refractivity contribution in [2.24, 2.45) is 4.99 Å². The quantitative estimate of drug-likeness (QED) is 0.641. The van der Waals surface area contributed by atoms with Crippen molar-refractivity contribution in [3.8, 4) is 0 Å². The number of rotatable bonds is 4. The van der Waals surface area contributed by atoms with Gasteiger partial charge in [0.05, 0.1) is 11.4 Å². The number of amides is 2. The second kappa shape index (κ2) is 8.74. The molecular formula is C25H22ClN3O2. The predicted octanol–water partition coefficient (Wildman–Crippen LogP) is 4.86. The summed E-state index contributed by atoms with van der Waals surface area (Å²) in [6.07, 6.45) is 0. The normalized spacial score (nSPS) is 15.7. The van der Waals surface area contributed by atoms with Gasteiger partial charge in [-0.15, -0.1) is 0 Å². The molecule has 31 heavy (non-hydrogen) atoms. The minimum absolute atomic E-state index is 0.122. The van der Waals surface area contributed by atoms with Crippen LogP contribution >= 0.6 is 11.6 Å². The molecule has 0 radical (unpaired) electrons. The van der Waals surface area contributed by atoms with Gasteiger partial charge in [-0.3, -0.25) is 14.6 Å². The Bertz CT molecular complexity index is 1160. The van der Waals surface area contributed by atoms with Crippen LogP contribution in [0.3, 0.4) is 0 Å². The molecule has 1 aliphatic heterocycles. The van der Waals surface area contributed by atoms with Crippen LogP contribution in [0, 0.1) is 6.92 Å². The van der Waals surface area contributed by atoms with E-state index in [1.54, 1.807) is 25.1 Å². The van der Waals surface area contributed by atoms with Crippen molar-refractivity contribution in [1.29, 1.82) is 0 Å². The lowest BCUT2D eigenvalue weighted by molar-refractivity contribution is -0.122. The molecule has 5 nitrogen and oxygen atoms in total. The van der Waals surface area contributed by atoms with Crippen LogP contribution in [-0.4, -0.2) is 30.1 Å². The highest BCUT2D eigenvalue weighted by Gasteiger charge is 2.31. The van der Waals surface area contributed by atoms with E-state index < -0.39 is 6.04 Å². The number of aliphatic imine (C=N–C) groups is 1. The van der Waals surface area contributed by atoms with Gasteiger partial charge >= 0.3 is 0 Å². The van der Waals surface area contributed by atoms with E-state index in [1.165, 1.54) is 4.90 Å². The summed E-state index contributed by atoms with van der Waals surface area (Å²) in [5.41, 5.74) is 4.69. The standard InChI is InChI=1S/C25H22ClN3O2/c1-16-8-11-20(12-9-16)28-23(30)15-29-22-13-10-19(26)14-21(22)24(27-17(2)25(29)31)18-6-4-3-5-7-18/h3-14,17H,15H2,1-2H3,(H,28,30)/t17-/m1/s1. The molecule has 0 saturated carbocycles. The lowest BCUT2D eigenvalue weighted by atomic mass is 10.00. The molecule has 4 rings (SSSR count). The average molecular weight is 432 g/mol. The van der Waals surface area contributed by atoms with Crippen molar-refractivity contribution in [2.75, 3.05) is 16.8 Å². The minimum atomic E-state index is -0.645. The number of benzodiazepines with no additional fused rings is 1. The van der Waals surface area contributed by atoms with Gasteiger partial charge < -0.3 is 10.2 Å². The van der Waals surface area contributed by atoms with Crippen LogP contribution in [0.15, 0.2) is 77.8 Å². The smallest absolute Gasteiger partial charge is 0.252 e. The fourth-order valence-electron chi connectivity index (χ4n) is 3.57. The van der Waals surface area contributed by atoms with E-state index in [4.69, 9.17) is 16.6 Å². The van der Waals surface area contributed by atoms with Gasteiger partial charge in [0.2, 0.25) is 5.91 Å². The number of nitrogens with zero attached hydrogens (tertiary/aromatic N) is 2. The molecule has 1 atom stereocenters. The van der Waals surface area contributed by atoms with Gasteiger partial charge in [-0.25, -0.2) is 0 Å². The highest BCUT2D eigenvalue weighted by Crippen LogP contribution is 2.31. The zero-order valence-corrected chi connectivity index (χ0v) is 18.1. The van der Waals surface area contributed by atoms with E-state index in [0.29, 0.717) is 22.1 Å². The van der Waals surface area contributed by atoms with Crippen molar-refractivity contribution in [1.82, 2.24) is 0 Å². The van der Waals surface area contributed by atoms with Crippen LogP contribution in [0.1, 0.15) is 23.6 Å². The molecule has 0 spiro atoms. The third-order valence-corrected chi connectivity index (χ3v) is 5.37. The number of carbonyl (C=O) groups excluding carboxylic acids is 2. The third kappa shape index (κ3) is 4.52. The summed E-state index contributed by atoms with van der Waals surface area (Å²) in [7, 11) is 0. The zero-order valence-electron chi connectivity index (χ0n) is 17.3. The topological polar surface area (TPSA) is 61.8 Å². The number of fused-ring (bicyclic) bond motifs is 1. The molecule has 0 saturated heterocycles. The minimum Gasteiger partial charge on any atom is -0.325 e. The molecule has 3 aromatic carbocycles. The number of benzene rings is 3. The maximum absolute atomic E-state index is 13.2. The van der Waals surface area contributed by atoms with Gasteiger partial charge in [-0.1, -0.05) is 59.6 Å². The average Bonchev–Trinajstić information content (AvgIpc) is 2.86. The van der Waals surface area contributed by atoms with Gasteiger partial charge in [0.25, 0.3) is 5.91 Å². The fourth-order valence-corrected chi connectivity index (χ4v) is 3.74. The molecule has 6 heteroatoms. The number of hydrogen-bond donors (Lipinski definition) is 1. The van der Waals surface area contributed by atoms with Gasteiger partial charge in [0, 0.05) is 21.8 Å². The van der Waals surface area contributed by atoms with Crippen molar-refractivity contribution in [3.63, 3.8) is 0 Å². The summed E-state index contributed by atoms with van der Waals surface area (Å²) in [5, 5.41) is 3.40. The summed E-state index contributed by atoms with van der Waals surface area (Å²) in [6, 6.07) is 21.8. The summed E-state index contributed by atoms with van der Waals surface area (Å²) in [5.74, 6) is -0.526. The van der Waals surface area contributed by atoms with Crippen LogP contribution in [0.4, 0.5) is 11.4 Å². The Morgan fingerprint density at radius 1 is 1.06 bits per heavy atom. The zero-order chi connectivity index (χ0) is 22.0. The molecule has 0 unspecified atom stereocenters. The lowest BCUT2D eigenvalue weighted by Crippen LogP contribution is -2.42. The van der Waals surface area contributed by atoms with E-state index in [0.717, 1.165) is 16.7 Å². The third-order valence-electron chi connectivity index (χ3n) is 5.13. The Kier molecular flexibility index (Phi) is 5.87. The largest absolute Gasteiger partial charge is 0.325 e. The van der Waals surface area contributed by atoms with Gasteiger partial charge in [0.1, 0.15) is 12.6 Å². The van der Waals surface area contributed by atoms with Crippen LogP contribution in [0.5, 0.6) is 0 Å². The Morgan fingerprint density at radius 3 is 2.48 bits per heavy atom. The monoisotopic (exact) mass is 431 g/mol. The lowest BCUT2D eigenvalue weighted by Gasteiger charge is -2.24. The molecular weight excluding hydrogens is 410 g/mol. The highest BCUT2D eigenvalue weighted by atomic mass is 35.5. The number of nitrogens with one attached hydrogen (secondary N) is 1. The number of aryl methyl sites for hydroxylation is 1. The summed E-state index contributed by atoms with van der Waals surface area (Å²) in [6.45, 7) is 3.60. The van der Waals surface area contributed by atoms with Gasteiger partial charge in [-0.2, -0.15) is 0 Å². The van der Waals surface area contributed by atoms with Crippen molar-refractivity contribution in [2.45, 2.75) is 19.9 Å². The second-order valence-electron chi connectivity index (χ2n) is 7.52. The fraction of sp³-hybridized carbons (Fsp3) is 0.160. The first-order chi connectivity index (χ1) is 14.9. The molecule has 1 aliphatic rings. The number of hydrogen-bond acceptors (Lipinski definition) is 3. The molecule has 1 N–H and O–H groups in total. The van der Waals surface area contributed by atoms with E-state index >= 15 is 0 Å². The maximum atomic E-state index is 13.2. The summed E-state index contributed by atoms with van der Waals surface area (Å²) >= 11 is 6.29. The van der Waals surface area contributed by atoms with Crippen LogP contribution < -0.4 is 10.2 Å². The highest BCUT2D eigenvalue weighted by molar-refractivity contribution is 6.32. The Balaban J connectivity index is 1.70. The summed E-state index contributed by atoms with van der Waals surface area (Å²) < 4.78 is 0. The molecule has 0 aliphatic carbocycles. The number of carbonyl (C=O) groups is 2. The van der Waals surface area contributed by atoms with E-state index in [2.05, 4.69) is 5.32 Å². The first kappa shape index (κ1) is 20.8. The predicted molar refractivity (Wildman–Crippen MR) is 125 cm³/mol. The van der Waals surface area contributed by atoms with Crippen molar-refractivity contribution in [3.05, 3.63) is 94.5 Å². The van der Waals surface area contributed by atoms with Gasteiger partial charge in [-0.05, 0) is 44.2 Å². The Labute approximate surface area is 186 Å². The number of anilines is 2. The first-order valence-electron chi connectivity index (χ1n) is 10.0. The van der Waals surface area contributed by atoms with E-state index in [1.807, 2.05) is 61.5 Å². The van der Waals surface area contributed by atoms with E-state index in [-0.39, 0.29) is 18.4 Å². The van der Waals surface area contributed by atoms with Gasteiger partial charge in [0.15, 0.2) is 0 Å². The van der Waals surface area contributed by atoms with E-state index in [9.17, 15) is 9.59 Å². The second-order valence-corrected chi connectivity index (χ2v) is 7.96. The maximum Gasteiger partial charge on any atom is 0.252 e. The molecule has 156 valence electrons. The molecule has 2 amide bonds. The molecule has 1 heterocycles. The van der Waals surface area contributed by atoms with Crippen molar-refractivity contribution >= 4 is 40.5 Å². The van der Waals surface area contributed by atoms with Crippen molar-refractivity contribution < 1.29 is 9.59 Å². The van der Waals surface area contributed by atoms with Crippen LogP contribution in [0.25, 0.3) is 0 Å². The first-order valence-corrected chi connectivity index (χ1v) is 10.4. The van der Waals surface area contributed by atoms with Crippen LogP contribution in [0.2, 0.25) is 5.02 Å². The molecule has 3 aromatic rings. The summed E-state index contributed by atoms with van der Waals surface area (Å²) in [4.78, 5) is 32.2. The molecule has 0 fully saturated rings. The Morgan fingerprint density at radius 2 is 1.77 bits per heavy atom.